The molecule has 2 N–H and O–H groups in total. The van der Waals surface area contributed by atoms with Gasteiger partial charge in [-0.3, -0.25) is 14.5 Å². The van der Waals surface area contributed by atoms with Crippen LogP contribution in [0.4, 0.5) is 0 Å². The van der Waals surface area contributed by atoms with Crippen LogP contribution < -0.4 is 16.3 Å². The van der Waals surface area contributed by atoms with Crippen molar-refractivity contribution in [2.24, 2.45) is 10.9 Å². The molecule has 1 saturated heterocycles. The largest absolute Gasteiger partial charge is 0.374 e. The van der Waals surface area contributed by atoms with E-state index in [1.165, 1.54) is 0 Å². The van der Waals surface area contributed by atoms with Crippen LogP contribution in [0, 0.1) is 5.92 Å². The molecule has 3 rings (SSSR count). The molecule has 2 aliphatic heterocycles. The molecule has 30 heavy (non-hydrogen) atoms. The van der Waals surface area contributed by atoms with Gasteiger partial charge in [-0.1, -0.05) is 13.8 Å². The summed E-state index contributed by atoms with van der Waals surface area (Å²) < 4.78 is 9.32. The molecule has 3 heterocycles. The van der Waals surface area contributed by atoms with Gasteiger partial charge in [-0.15, -0.1) is 24.0 Å². The van der Waals surface area contributed by atoms with Crippen LogP contribution in [0.2, 0.25) is 0 Å². The molecule has 0 saturated carbocycles. The Kier molecular flexibility index (Phi) is 10.6. The molecule has 0 aromatic carbocycles. The maximum Gasteiger partial charge on any atom is 0.345 e. The van der Waals surface area contributed by atoms with Crippen LogP contribution in [0.1, 0.15) is 38.9 Å². The molecule has 1 fully saturated rings. The van der Waals surface area contributed by atoms with Gasteiger partial charge in [0, 0.05) is 59.3 Å². The van der Waals surface area contributed by atoms with E-state index in [4.69, 9.17) is 4.74 Å². The standard InChI is InChI=1S/C20H37N7O2.HI/c1-16(2)14-25-11-12-29-17(15-25)13-23-19(21-3)22-8-6-10-27-20(28)26-9-5-4-7-18(26)24-27;/h16-17H,4-15H2,1-3H3,(H2,21,22,23);1H. The summed E-state index contributed by atoms with van der Waals surface area (Å²) in [7, 11) is 1.77. The van der Waals surface area contributed by atoms with Crippen molar-refractivity contribution < 1.29 is 4.74 Å². The summed E-state index contributed by atoms with van der Waals surface area (Å²) >= 11 is 0. The number of aromatic nitrogens is 3. The lowest BCUT2D eigenvalue weighted by molar-refractivity contribution is -0.0284. The molecule has 1 atom stereocenters. The molecule has 0 spiro atoms. The van der Waals surface area contributed by atoms with E-state index >= 15 is 0 Å². The molecule has 172 valence electrons. The number of guanidine groups is 1. The average molecular weight is 535 g/mol. The fourth-order valence-corrected chi connectivity index (χ4v) is 4.05. The van der Waals surface area contributed by atoms with Gasteiger partial charge in [-0.2, -0.15) is 5.10 Å². The van der Waals surface area contributed by atoms with E-state index in [-0.39, 0.29) is 35.8 Å². The Balaban J connectivity index is 0.00000320. The zero-order valence-electron chi connectivity index (χ0n) is 18.6. The third kappa shape index (κ3) is 7.23. The molecule has 2 aliphatic rings. The van der Waals surface area contributed by atoms with Gasteiger partial charge in [0.05, 0.1) is 12.7 Å². The zero-order valence-corrected chi connectivity index (χ0v) is 20.9. The van der Waals surface area contributed by atoms with Crippen LogP contribution in [-0.2, 0) is 24.2 Å². The van der Waals surface area contributed by atoms with Crippen molar-refractivity contribution in [2.75, 3.05) is 46.4 Å². The van der Waals surface area contributed by atoms with E-state index in [9.17, 15) is 4.79 Å². The van der Waals surface area contributed by atoms with Crippen LogP contribution in [0.3, 0.4) is 0 Å². The second kappa shape index (κ2) is 12.7. The van der Waals surface area contributed by atoms with Crippen LogP contribution in [-0.4, -0.2) is 77.7 Å². The third-order valence-electron chi connectivity index (χ3n) is 5.44. The van der Waals surface area contributed by atoms with Gasteiger partial charge < -0.3 is 15.4 Å². The normalized spacial score (nSPS) is 20.0. The summed E-state index contributed by atoms with van der Waals surface area (Å²) in [6.45, 7) is 11.3. The van der Waals surface area contributed by atoms with Gasteiger partial charge in [0.2, 0.25) is 0 Å². The molecule has 0 radical (unpaired) electrons. The monoisotopic (exact) mass is 535 g/mol. The van der Waals surface area contributed by atoms with Crippen molar-refractivity contribution in [3.05, 3.63) is 16.3 Å². The number of morpholine rings is 1. The van der Waals surface area contributed by atoms with Gasteiger partial charge in [-0.25, -0.2) is 9.48 Å². The third-order valence-corrected chi connectivity index (χ3v) is 5.44. The second-order valence-electron chi connectivity index (χ2n) is 8.41. The number of fused-ring (bicyclic) bond motifs is 1. The molecule has 0 bridgehead atoms. The van der Waals surface area contributed by atoms with E-state index in [1.807, 2.05) is 4.57 Å². The Labute approximate surface area is 196 Å². The molecule has 1 unspecified atom stereocenters. The zero-order chi connectivity index (χ0) is 20.6. The number of hydrogen-bond acceptors (Lipinski definition) is 5. The van der Waals surface area contributed by atoms with Crippen molar-refractivity contribution in [1.29, 1.82) is 0 Å². The predicted octanol–water partition coefficient (Wildman–Crippen LogP) is 0.911. The number of hydrogen-bond donors (Lipinski definition) is 2. The van der Waals surface area contributed by atoms with Gasteiger partial charge in [0.1, 0.15) is 5.82 Å². The van der Waals surface area contributed by atoms with Crippen molar-refractivity contribution in [3.8, 4) is 0 Å². The predicted molar refractivity (Wildman–Crippen MR) is 130 cm³/mol. The van der Waals surface area contributed by atoms with Crippen molar-refractivity contribution in [3.63, 3.8) is 0 Å². The van der Waals surface area contributed by atoms with Gasteiger partial charge in [0.25, 0.3) is 0 Å². The van der Waals surface area contributed by atoms with Crippen LogP contribution in [0.25, 0.3) is 0 Å². The maximum absolute atomic E-state index is 12.4. The number of aryl methyl sites for hydroxylation is 2. The van der Waals surface area contributed by atoms with E-state index in [2.05, 4.69) is 39.5 Å². The molecule has 9 nitrogen and oxygen atoms in total. The SMILES string of the molecule is CN=C(NCCCn1nc2n(c1=O)CCCC2)NCC1CN(CC(C)C)CCO1.I. The highest BCUT2D eigenvalue weighted by Gasteiger charge is 2.21. The minimum Gasteiger partial charge on any atom is -0.374 e. The summed E-state index contributed by atoms with van der Waals surface area (Å²) in [6.07, 6.45) is 4.10. The Hall–Kier alpha value is -1.14. The molecule has 1 aromatic heterocycles. The molecular formula is C20H38IN7O2. The fourth-order valence-electron chi connectivity index (χ4n) is 4.05. The lowest BCUT2D eigenvalue weighted by atomic mass is 10.2. The van der Waals surface area contributed by atoms with Crippen molar-refractivity contribution in [1.82, 2.24) is 29.9 Å². The number of aliphatic imine (C=N–C) groups is 1. The first kappa shape index (κ1) is 25.1. The Morgan fingerprint density at radius 2 is 2.13 bits per heavy atom. The Morgan fingerprint density at radius 3 is 2.87 bits per heavy atom. The summed E-state index contributed by atoms with van der Waals surface area (Å²) in [5.74, 6) is 2.38. The minimum absolute atomic E-state index is 0. The Morgan fingerprint density at radius 1 is 1.30 bits per heavy atom. The van der Waals surface area contributed by atoms with Crippen LogP contribution in [0.5, 0.6) is 0 Å². The summed E-state index contributed by atoms with van der Waals surface area (Å²) in [5.41, 5.74) is 0.0302. The Bertz CT molecular complexity index is 731. The van der Waals surface area contributed by atoms with Gasteiger partial charge in [-0.05, 0) is 25.2 Å². The van der Waals surface area contributed by atoms with Crippen molar-refractivity contribution >= 4 is 29.9 Å². The van der Waals surface area contributed by atoms with E-state index < -0.39 is 0 Å². The minimum atomic E-state index is 0. The number of nitrogens with zero attached hydrogens (tertiary/aromatic N) is 5. The highest BCUT2D eigenvalue weighted by Crippen LogP contribution is 2.09. The highest BCUT2D eigenvalue weighted by atomic mass is 127. The van der Waals surface area contributed by atoms with E-state index in [0.717, 1.165) is 83.3 Å². The maximum atomic E-state index is 12.4. The molecule has 0 aliphatic carbocycles. The number of ether oxygens (including phenoxy) is 1. The van der Waals surface area contributed by atoms with E-state index in [0.29, 0.717) is 12.5 Å². The lowest BCUT2D eigenvalue weighted by Gasteiger charge is -2.34. The first-order valence-electron chi connectivity index (χ1n) is 11.0. The highest BCUT2D eigenvalue weighted by molar-refractivity contribution is 14.0. The smallest absolute Gasteiger partial charge is 0.345 e. The molecule has 10 heteroatoms. The number of nitrogens with one attached hydrogen (secondary N) is 2. The van der Waals surface area contributed by atoms with Crippen LogP contribution in [0.15, 0.2) is 9.79 Å². The number of rotatable bonds is 8. The van der Waals surface area contributed by atoms with Crippen LogP contribution >= 0.6 is 24.0 Å². The summed E-state index contributed by atoms with van der Waals surface area (Å²) in [4.78, 5) is 19.1. The molecule has 0 amide bonds. The van der Waals surface area contributed by atoms with E-state index in [1.54, 1.807) is 11.7 Å². The average Bonchev–Trinajstić information content (AvgIpc) is 3.03. The van der Waals surface area contributed by atoms with Crippen molar-refractivity contribution in [2.45, 2.75) is 58.7 Å². The molecular weight excluding hydrogens is 497 g/mol. The van der Waals surface area contributed by atoms with Gasteiger partial charge in [0.15, 0.2) is 5.96 Å². The summed E-state index contributed by atoms with van der Waals surface area (Å²) in [5, 5.41) is 11.2. The fraction of sp³-hybridized carbons (Fsp3) is 0.850. The van der Waals surface area contributed by atoms with Gasteiger partial charge >= 0.3 is 5.69 Å². The first-order valence-corrected chi connectivity index (χ1v) is 11.0. The first-order chi connectivity index (χ1) is 14.1. The quantitative estimate of drug-likeness (QED) is 0.223. The number of halogens is 1. The summed E-state index contributed by atoms with van der Waals surface area (Å²) in [6, 6.07) is 0. The topological polar surface area (TPSA) is 88.7 Å². The lowest BCUT2D eigenvalue weighted by Crippen LogP contribution is -2.50. The second-order valence-corrected chi connectivity index (χ2v) is 8.41. The molecule has 1 aromatic rings.